The molecule has 0 spiro atoms. The Morgan fingerprint density at radius 1 is 1.09 bits per heavy atom. The molecule has 0 radical (unpaired) electrons. The first kappa shape index (κ1) is 15.0. The van der Waals surface area contributed by atoms with Gasteiger partial charge in [0.25, 0.3) is 0 Å². The van der Waals surface area contributed by atoms with Crippen molar-refractivity contribution in [2.45, 2.75) is 51.9 Å². The maximum Gasteiger partial charge on any atom is 0.230 e. The Balaban J connectivity index is 1.50. The van der Waals surface area contributed by atoms with E-state index in [4.69, 9.17) is 4.74 Å². The van der Waals surface area contributed by atoms with Crippen molar-refractivity contribution in [3.8, 4) is 5.75 Å². The quantitative estimate of drug-likeness (QED) is 0.880. The van der Waals surface area contributed by atoms with Gasteiger partial charge in [0, 0.05) is 5.69 Å². The molecule has 0 heterocycles. The van der Waals surface area contributed by atoms with Crippen molar-refractivity contribution in [3.05, 3.63) is 24.3 Å². The van der Waals surface area contributed by atoms with E-state index in [0.717, 1.165) is 48.5 Å². The molecule has 4 bridgehead atoms. The average Bonchev–Trinajstić information content (AvgIpc) is 2.75. The van der Waals surface area contributed by atoms with Crippen LogP contribution < -0.4 is 10.1 Å². The fourth-order valence-electron chi connectivity index (χ4n) is 5.53. The largest absolute Gasteiger partial charge is 0.494 e. The Labute approximate surface area is 138 Å². The maximum absolute atomic E-state index is 13.1. The van der Waals surface area contributed by atoms with E-state index in [9.17, 15) is 4.79 Å². The van der Waals surface area contributed by atoms with Crippen LogP contribution >= 0.6 is 0 Å². The van der Waals surface area contributed by atoms with Gasteiger partial charge in [-0.05, 0) is 81.0 Å². The zero-order valence-corrected chi connectivity index (χ0v) is 14.0. The lowest BCUT2D eigenvalue weighted by molar-refractivity contribution is -0.132. The van der Waals surface area contributed by atoms with E-state index < -0.39 is 0 Å². The van der Waals surface area contributed by atoms with E-state index >= 15 is 0 Å². The van der Waals surface area contributed by atoms with Crippen LogP contribution in [-0.4, -0.2) is 12.5 Å². The van der Waals surface area contributed by atoms with Gasteiger partial charge in [-0.1, -0.05) is 12.8 Å². The number of carbonyl (C=O) groups is 1. The van der Waals surface area contributed by atoms with Crippen molar-refractivity contribution in [3.63, 3.8) is 0 Å². The van der Waals surface area contributed by atoms with Crippen molar-refractivity contribution >= 4 is 11.6 Å². The van der Waals surface area contributed by atoms with Crippen LogP contribution in [0.3, 0.4) is 0 Å². The van der Waals surface area contributed by atoms with Crippen LogP contribution in [0.5, 0.6) is 5.75 Å². The summed E-state index contributed by atoms with van der Waals surface area (Å²) in [7, 11) is 0. The highest BCUT2D eigenvalue weighted by molar-refractivity contribution is 5.95. The smallest absolute Gasteiger partial charge is 0.230 e. The third kappa shape index (κ3) is 2.86. The normalized spacial score (nSPS) is 34.9. The van der Waals surface area contributed by atoms with Crippen LogP contribution in [0.15, 0.2) is 24.3 Å². The summed E-state index contributed by atoms with van der Waals surface area (Å²) >= 11 is 0. The zero-order valence-electron chi connectivity index (χ0n) is 14.0. The molecule has 23 heavy (non-hydrogen) atoms. The average molecular weight is 313 g/mol. The van der Waals surface area contributed by atoms with Gasteiger partial charge in [-0.3, -0.25) is 4.79 Å². The summed E-state index contributed by atoms with van der Waals surface area (Å²) in [6.07, 6.45) is 8.77. The lowest BCUT2D eigenvalue weighted by atomic mass is 9.58. The second kappa shape index (κ2) is 5.85. The molecule has 0 aliphatic heterocycles. The number of amides is 1. The fraction of sp³-hybridized carbons (Fsp3) is 0.650. The number of carbonyl (C=O) groups excluding carboxylic acids is 1. The number of rotatable bonds is 4. The monoisotopic (exact) mass is 313 g/mol. The van der Waals surface area contributed by atoms with Gasteiger partial charge in [-0.2, -0.15) is 0 Å². The molecule has 4 saturated carbocycles. The first-order chi connectivity index (χ1) is 11.2. The third-order valence-electron chi connectivity index (χ3n) is 6.26. The van der Waals surface area contributed by atoms with Gasteiger partial charge in [0.15, 0.2) is 0 Å². The highest BCUT2D eigenvalue weighted by atomic mass is 16.5. The minimum absolute atomic E-state index is 0.0917. The van der Waals surface area contributed by atoms with Crippen LogP contribution in [0, 0.1) is 23.2 Å². The number of benzene rings is 1. The molecular weight excluding hydrogens is 286 g/mol. The summed E-state index contributed by atoms with van der Waals surface area (Å²) in [4.78, 5) is 13.1. The highest BCUT2D eigenvalue weighted by Gasteiger charge is 2.52. The predicted molar refractivity (Wildman–Crippen MR) is 91.5 cm³/mol. The summed E-state index contributed by atoms with van der Waals surface area (Å²) < 4.78 is 5.47. The van der Waals surface area contributed by atoms with Crippen molar-refractivity contribution in [2.75, 3.05) is 11.9 Å². The Bertz CT molecular complexity index is 564. The van der Waals surface area contributed by atoms with E-state index in [2.05, 4.69) is 5.32 Å². The minimum atomic E-state index is -0.0917. The number of ether oxygens (including phenoxy) is 1. The first-order valence-electron chi connectivity index (χ1n) is 9.21. The van der Waals surface area contributed by atoms with Crippen LogP contribution in [0.25, 0.3) is 0 Å². The molecule has 4 fully saturated rings. The molecule has 0 saturated heterocycles. The number of fused-ring (bicyclic) bond motifs is 1. The van der Waals surface area contributed by atoms with Gasteiger partial charge in [-0.15, -0.1) is 0 Å². The van der Waals surface area contributed by atoms with E-state index in [0.29, 0.717) is 6.61 Å². The molecule has 0 aromatic heterocycles. The van der Waals surface area contributed by atoms with Gasteiger partial charge in [0.1, 0.15) is 5.75 Å². The van der Waals surface area contributed by atoms with E-state index in [-0.39, 0.29) is 11.3 Å². The summed E-state index contributed by atoms with van der Waals surface area (Å²) in [5.41, 5.74) is 0.805. The van der Waals surface area contributed by atoms with Crippen molar-refractivity contribution < 1.29 is 9.53 Å². The number of hydrogen-bond acceptors (Lipinski definition) is 2. The topological polar surface area (TPSA) is 38.3 Å². The lowest BCUT2D eigenvalue weighted by Crippen LogP contribution is -2.45. The molecule has 1 amide bonds. The second-order valence-electron chi connectivity index (χ2n) is 7.95. The second-order valence-corrected chi connectivity index (χ2v) is 7.95. The van der Waals surface area contributed by atoms with Crippen molar-refractivity contribution in [2.24, 2.45) is 23.2 Å². The van der Waals surface area contributed by atoms with Crippen LogP contribution in [-0.2, 0) is 4.79 Å². The summed E-state index contributed by atoms with van der Waals surface area (Å²) in [5.74, 6) is 3.49. The number of hydrogen-bond donors (Lipinski definition) is 1. The van der Waals surface area contributed by atoms with Crippen LogP contribution in [0.1, 0.15) is 51.9 Å². The number of anilines is 1. The van der Waals surface area contributed by atoms with Gasteiger partial charge in [0.05, 0.1) is 12.0 Å². The van der Waals surface area contributed by atoms with Gasteiger partial charge in [0.2, 0.25) is 5.91 Å². The SMILES string of the molecule is CCOc1ccc(NC(=O)C23CC4C[C@H](CC[C@@H](C4)C2)C3)cc1. The Kier molecular flexibility index (Phi) is 3.82. The third-order valence-corrected chi connectivity index (χ3v) is 6.26. The molecule has 1 aromatic rings. The minimum Gasteiger partial charge on any atom is -0.494 e. The standard InChI is InChI=1S/C20H27NO2/c1-2-23-18-7-5-17(6-8-18)21-19(22)20-11-14-3-4-15(12-20)10-16(9-14)13-20/h5-8,14-16H,2-4,9-13H2,1H3,(H,21,22)/t14-,15-,16?,20?/m0/s1. The molecule has 0 unspecified atom stereocenters. The van der Waals surface area contributed by atoms with E-state index in [1.807, 2.05) is 31.2 Å². The molecule has 3 nitrogen and oxygen atoms in total. The Morgan fingerprint density at radius 2 is 1.70 bits per heavy atom. The molecule has 4 aliphatic carbocycles. The van der Waals surface area contributed by atoms with Crippen LogP contribution in [0.2, 0.25) is 0 Å². The molecule has 2 atom stereocenters. The zero-order chi connectivity index (χ0) is 15.9. The molecule has 124 valence electrons. The maximum atomic E-state index is 13.1. The summed E-state index contributed by atoms with van der Waals surface area (Å²) in [5, 5.41) is 3.20. The fourth-order valence-corrected chi connectivity index (χ4v) is 5.53. The van der Waals surface area contributed by atoms with Crippen molar-refractivity contribution in [1.82, 2.24) is 0 Å². The molecule has 1 N–H and O–H groups in total. The number of nitrogens with one attached hydrogen (secondary N) is 1. The molecule has 5 rings (SSSR count). The van der Waals surface area contributed by atoms with Crippen LogP contribution in [0.4, 0.5) is 5.69 Å². The van der Waals surface area contributed by atoms with E-state index in [1.165, 1.54) is 25.7 Å². The lowest BCUT2D eigenvalue weighted by Gasteiger charge is -2.47. The highest BCUT2D eigenvalue weighted by Crippen LogP contribution is 2.58. The first-order valence-corrected chi connectivity index (χ1v) is 9.21. The Morgan fingerprint density at radius 3 is 2.30 bits per heavy atom. The van der Waals surface area contributed by atoms with Gasteiger partial charge >= 0.3 is 0 Å². The van der Waals surface area contributed by atoms with Gasteiger partial charge < -0.3 is 10.1 Å². The summed E-state index contributed by atoms with van der Waals surface area (Å²) in [6.45, 7) is 2.64. The summed E-state index contributed by atoms with van der Waals surface area (Å²) in [6, 6.07) is 7.78. The molecule has 4 aliphatic rings. The van der Waals surface area contributed by atoms with E-state index in [1.54, 1.807) is 0 Å². The van der Waals surface area contributed by atoms with Crippen molar-refractivity contribution in [1.29, 1.82) is 0 Å². The molecule has 3 heteroatoms. The Hall–Kier alpha value is -1.51. The predicted octanol–water partition coefficient (Wildman–Crippen LogP) is 4.63. The molecule has 1 aromatic carbocycles. The molecular formula is C20H27NO2. The van der Waals surface area contributed by atoms with Gasteiger partial charge in [-0.25, -0.2) is 0 Å².